The maximum absolute atomic E-state index is 14.6. The van der Waals surface area contributed by atoms with Crippen molar-refractivity contribution >= 4 is 17.7 Å². The minimum atomic E-state index is -0.366. The van der Waals surface area contributed by atoms with Crippen molar-refractivity contribution in [3.63, 3.8) is 0 Å². The molecule has 123 heavy (non-hydrogen) atoms. The number of ether oxygens (including phenoxy) is 12. The van der Waals surface area contributed by atoms with Crippen LogP contribution in [0.1, 0.15) is 258 Å². The third-order valence-corrected chi connectivity index (χ3v) is 24.2. The van der Waals surface area contributed by atoms with Gasteiger partial charge in [0.05, 0.1) is 62.3 Å². The van der Waals surface area contributed by atoms with Crippen molar-refractivity contribution in [2.45, 2.75) is 215 Å². The van der Waals surface area contributed by atoms with Crippen molar-refractivity contribution < 1.29 is 71.2 Å². The first-order valence-electron chi connectivity index (χ1n) is 43.4. The van der Waals surface area contributed by atoms with Crippen LogP contribution in [0.2, 0.25) is 0 Å². The molecule has 0 unspecified atom stereocenters. The van der Waals surface area contributed by atoms with Crippen molar-refractivity contribution in [2.24, 2.45) is 0 Å². The molecule has 17 rings (SSSR count). The van der Waals surface area contributed by atoms with Crippen LogP contribution >= 0.6 is 0 Å². The number of carbonyl (C=O) groups excluding carboxylic acids is 3. The van der Waals surface area contributed by atoms with Gasteiger partial charge in [0, 0.05) is 38.5 Å². The van der Waals surface area contributed by atoms with Gasteiger partial charge in [0.1, 0.15) is 54.3 Å². The van der Waals surface area contributed by atoms with Gasteiger partial charge in [0.15, 0.2) is 54.3 Å². The number of nitrogens with one attached hydrogen (secondary N) is 3. The van der Waals surface area contributed by atoms with Gasteiger partial charge >= 0.3 is 0 Å². The summed E-state index contributed by atoms with van der Waals surface area (Å²) in [4.78, 5) is 43.8. The molecule has 18 heteroatoms. The molecule has 0 fully saturated rings. The van der Waals surface area contributed by atoms with Gasteiger partial charge in [-0.25, -0.2) is 0 Å². The van der Waals surface area contributed by atoms with Crippen LogP contribution in [0.25, 0.3) is 0 Å². The standard InChI is InChI=1S/C105H129N3O15/c1-100(2,3)79-40-67-34-73-46-82(103(10,11)12)50-77-38-71-44-81(102(7,8)9)42-69(96(71)117-24)36-75-48-84(105(16,17)18)51-78-39-72-45-80(101(4,5)6)41-68(95(72)116-23)35-74-47-83(104(13,14)15)49-76(37-70(43-79)94(67)115-22)98(74)119-29-26-107-92(110)59-122-89-56-65-32-63-54-87(114-21)90(123-60-93(111)108-27-30-120-99(75)78)57-66(63)33-61-52-85(112-19)88(55-64(61)31-62(65)53-86(89)113-20)121-58-91(109)106-25-28-118-97(73)77/h40-57H,25-39,58-60H2,1-24H3,(H,106,109)(H,107,110)(H,108,111). The quantitative estimate of drug-likeness (QED) is 0.142. The lowest BCUT2D eigenvalue weighted by Crippen LogP contribution is -2.32. The normalized spacial score (nSPS) is 15.4. The Morgan fingerprint density at radius 2 is 0.407 bits per heavy atom. The molecule has 0 radical (unpaired) electrons. The Morgan fingerprint density at radius 3 is 0.585 bits per heavy atom. The Kier molecular flexibility index (Phi) is 26.3. The summed E-state index contributed by atoms with van der Waals surface area (Å²) >= 11 is 0. The van der Waals surface area contributed by atoms with Crippen LogP contribution in [0.15, 0.2) is 109 Å². The van der Waals surface area contributed by atoms with Crippen molar-refractivity contribution in [2.75, 3.05) is 102 Å². The Bertz CT molecular complexity index is 4820. The first-order chi connectivity index (χ1) is 58.1. The van der Waals surface area contributed by atoms with E-state index in [1.165, 1.54) is 0 Å². The predicted octanol–water partition coefficient (Wildman–Crippen LogP) is 18.8. The highest BCUT2D eigenvalue weighted by Gasteiger charge is 2.34. The van der Waals surface area contributed by atoms with Crippen molar-refractivity contribution in [3.05, 3.63) is 243 Å². The lowest BCUT2D eigenvalue weighted by Gasteiger charge is -2.29. The Balaban J connectivity index is 1.13. The highest BCUT2D eigenvalue weighted by Crippen LogP contribution is 2.49. The van der Waals surface area contributed by atoms with Gasteiger partial charge in [0.2, 0.25) is 0 Å². The molecule has 0 atom stereocenters. The van der Waals surface area contributed by atoms with Gasteiger partial charge < -0.3 is 72.8 Å². The van der Waals surface area contributed by atoms with Crippen LogP contribution < -0.4 is 72.8 Å². The summed E-state index contributed by atoms with van der Waals surface area (Å²) in [6.45, 7) is 40.2. The van der Waals surface area contributed by atoms with Crippen LogP contribution in [0, 0.1) is 0 Å². The van der Waals surface area contributed by atoms with E-state index in [9.17, 15) is 14.4 Å². The zero-order chi connectivity index (χ0) is 88.6. The Labute approximate surface area is 729 Å². The van der Waals surface area contributed by atoms with E-state index >= 15 is 0 Å². The summed E-state index contributed by atoms with van der Waals surface area (Å²) in [5.74, 6) is 5.48. The Hall–Kier alpha value is -11.0. The van der Waals surface area contributed by atoms with Crippen molar-refractivity contribution in [1.29, 1.82) is 0 Å². The third kappa shape index (κ3) is 20.6. The molecule has 2 aliphatic carbocycles. The fourth-order valence-corrected chi connectivity index (χ4v) is 17.2. The van der Waals surface area contributed by atoms with E-state index < -0.39 is 0 Å². The van der Waals surface area contributed by atoms with Gasteiger partial charge in [-0.05, 0) is 222 Å². The van der Waals surface area contributed by atoms with Crippen molar-refractivity contribution in [1.82, 2.24) is 16.0 Å². The molecule has 9 aromatic carbocycles. The smallest absolute Gasteiger partial charge is 0.258 e. The average Bonchev–Trinajstić information content (AvgIpc) is 1.04. The number of benzene rings is 9. The molecule has 3 amide bonds. The third-order valence-electron chi connectivity index (χ3n) is 24.2. The molecular formula is C105H129N3O15. The molecule has 3 N–H and O–H groups in total. The van der Waals surface area contributed by atoms with Crippen LogP contribution in [-0.4, -0.2) is 120 Å². The van der Waals surface area contributed by atoms with E-state index in [0.717, 1.165) is 151 Å². The second-order valence-corrected chi connectivity index (χ2v) is 39.7. The fraction of sp³-hybridized carbons (Fsp3) is 0.457. The minimum absolute atomic E-state index is 0.0954. The van der Waals surface area contributed by atoms with E-state index in [0.29, 0.717) is 110 Å². The summed E-state index contributed by atoms with van der Waals surface area (Å²) in [6, 6.07) is 39.3. The molecular weight excluding hydrogens is 1540 g/mol. The van der Waals surface area contributed by atoms with Crippen LogP contribution in [-0.2, 0) is 105 Å². The molecule has 0 spiro atoms. The van der Waals surface area contributed by atoms with Gasteiger partial charge in [-0.1, -0.05) is 197 Å². The molecule has 18 nitrogen and oxygen atoms in total. The lowest BCUT2D eigenvalue weighted by molar-refractivity contribution is -0.123. The minimum Gasteiger partial charge on any atom is -0.496 e. The van der Waals surface area contributed by atoms with Crippen LogP contribution in [0.3, 0.4) is 0 Å². The molecule has 0 saturated carbocycles. The van der Waals surface area contributed by atoms with Gasteiger partial charge in [-0.15, -0.1) is 0 Å². The number of carbonyl (C=O) groups is 3. The van der Waals surface area contributed by atoms with Gasteiger partial charge in [-0.3, -0.25) is 14.4 Å². The first kappa shape index (κ1) is 89.7. The van der Waals surface area contributed by atoms with E-state index in [1.807, 2.05) is 36.4 Å². The molecule has 9 aromatic rings. The largest absolute Gasteiger partial charge is 0.496 e. The average molecular weight is 1670 g/mol. The van der Waals surface area contributed by atoms with Gasteiger partial charge in [0.25, 0.3) is 17.7 Å². The summed E-state index contributed by atoms with van der Waals surface area (Å²) in [6.07, 6.45) is 3.50. The molecule has 0 saturated heterocycles. The SMILES string of the molecule is COc1cc2c3cc1OCC(=O)NCCOc1c4cc(C(C)(C)C)cc1Cc1cc(C(C)(C)C)cc(c1OC)Cc1cc(C(C)(C)C)cc5c1OCCNC(=O)COc1cc(c(cc1OC)Cc1cc(c(OC)cc1C3)OCC(=O)NCCOc1c(cc(C(C)(C)C)cc1Cc1cc(C(C)(C)C)cc(c1OC)C4)Cc1cc(C(C)(C)C)cc(c1OC)C5)C2. The molecule has 6 heterocycles. The second-order valence-electron chi connectivity index (χ2n) is 39.7. The zero-order valence-electron chi connectivity index (χ0n) is 77.2. The summed E-state index contributed by atoms with van der Waals surface area (Å²) < 4.78 is 81.0. The fourth-order valence-electron chi connectivity index (χ4n) is 17.2. The highest BCUT2D eigenvalue weighted by molar-refractivity contribution is 5.79. The molecule has 24 bridgehead atoms. The number of methoxy groups -OCH3 is 6. The zero-order valence-corrected chi connectivity index (χ0v) is 77.2. The van der Waals surface area contributed by atoms with E-state index in [-0.39, 0.29) is 109 Å². The number of hydrogen-bond donors (Lipinski definition) is 3. The molecule has 6 aliphatic heterocycles. The van der Waals surface area contributed by atoms with Gasteiger partial charge in [-0.2, -0.15) is 0 Å². The molecule has 654 valence electrons. The highest BCUT2D eigenvalue weighted by atomic mass is 16.5. The van der Waals surface area contributed by atoms with E-state index in [4.69, 9.17) is 56.8 Å². The monoisotopic (exact) mass is 1670 g/mol. The maximum atomic E-state index is 14.6. The summed E-state index contributed by atoms with van der Waals surface area (Å²) in [7, 11) is 10.1. The van der Waals surface area contributed by atoms with Crippen LogP contribution in [0.4, 0.5) is 0 Å². The van der Waals surface area contributed by atoms with E-state index in [2.05, 4.69) is 213 Å². The number of fused-ring (bicyclic) bond motifs is 3. The number of amides is 3. The first-order valence-corrected chi connectivity index (χ1v) is 43.4. The van der Waals surface area contributed by atoms with Crippen LogP contribution in [0.5, 0.6) is 69.0 Å². The summed E-state index contributed by atoms with van der Waals surface area (Å²) in [5.41, 5.74) is 21.2. The number of hydrogen-bond acceptors (Lipinski definition) is 15. The molecule has 0 aromatic heterocycles. The number of rotatable bonds is 6. The topological polar surface area (TPSA) is 198 Å². The van der Waals surface area contributed by atoms with E-state index in [1.54, 1.807) is 42.7 Å². The summed E-state index contributed by atoms with van der Waals surface area (Å²) in [5, 5.41) is 9.50. The van der Waals surface area contributed by atoms with Crippen molar-refractivity contribution in [3.8, 4) is 69.0 Å². The predicted molar refractivity (Wildman–Crippen MR) is 487 cm³/mol. The second kappa shape index (κ2) is 36.1. The maximum Gasteiger partial charge on any atom is 0.258 e. The lowest BCUT2D eigenvalue weighted by atomic mass is 9.79. The Morgan fingerprint density at radius 1 is 0.228 bits per heavy atom. The molecule has 8 aliphatic rings.